The van der Waals surface area contributed by atoms with E-state index in [1.165, 1.54) is 12.2 Å². The molecule has 0 spiro atoms. The van der Waals surface area contributed by atoms with E-state index >= 15 is 0 Å². The van der Waals surface area contributed by atoms with Gasteiger partial charge in [-0.3, -0.25) is 0 Å². The lowest BCUT2D eigenvalue weighted by atomic mass is 10.1. The monoisotopic (exact) mass is 323 g/mol. The number of hydrogen-bond acceptors (Lipinski definition) is 3. The molecule has 5 heteroatoms. The molecule has 1 aromatic carbocycles. The van der Waals surface area contributed by atoms with Gasteiger partial charge in [0.1, 0.15) is 5.75 Å². The maximum atomic E-state index is 9.82. The second kappa shape index (κ2) is 10.4. The fourth-order valence-electron chi connectivity index (χ4n) is 2.23. The van der Waals surface area contributed by atoms with Gasteiger partial charge in [0.2, 0.25) is 0 Å². The van der Waals surface area contributed by atoms with E-state index < -0.39 is 0 Å². The van der Waals surface area contributed by atoms with Crippen LogP contribution in [0.5, 0.6) is 5.75 Å². The first-order chi connectivity index (χ1) is 10.6. The molecule has 0 aliphatic rings. The van der Waals surface area contributed by atoms with Crippen LogP contribution in [0.2, 0.25) is 0 Å². The molecule has 0 saturated carbocycles. The van der Waals surface area contributed by atoms with Crippen LogP contribution in [0.15, 0.2) is 17.1 Å². The second-order valence-corrected chi connectivity index (χ2v) is 6.39. The summed E-state index contributed by atoms with van der Waals surface area (Å²) in [6.45, 7) is 8.32. The minimum atomic E-state index is 0.381. The maximum absolute atomic E-state index is 9.82. The van der Waals surface area contributed by atoms with Gasteiger partial charge in [-0.05, 0) is 62.3 Å². The number of nitrogens with zero attached hydrogens (tertiary/aromatic N) is 1. The average Bonchev–Trinajstić information content (AvgIpc) is 2.49. The third-order valence-electron chi connectivity index (χ3n) is 3.38. The van der Waals surface area contributed by atoms with Crippen LogP contribution in [0.4, 0.5) is 0 Å². The van der Waals surface area contributed by atoms with Crippen LogP contribution >= 0.6 is 11.8 Å². The molecule has 0 aliphatic heterocycles. The van der Waals surface area contributed by atoms with E-state index in [9.17, 15) is 5.11 Å². The third kappa shape index (κ3) is 6.60. The Hall–Kier alpha value is -1.36. The molecule has 1 aromatic rings. The molecule has 3 N–H and O–H groups in total. The van der Waals surface area contributed by atoms with Gasteiger partial charge in [-0.2, -0.15) is 11.8 Å². The number of rotatable bonds is 8. The van der Waals surface area contributed by atoms with Crippen LogP contribution in [0.1, 0.15) is 36.5 Å². The number of guanidine groups is 1. The number of phenols is 1. The van der Waals surface area contributed by atoms with Gasteiger partial charge in [-0.25, -0.2) is 4.99 Å². The van der Waals surface area contributed by atoms with Crippen molar-refractivity contribution < 1.29 is 5.11 Å². The molecule has 22 heavy (non-hydrogen) atoms. The van der Waals surface area contributed by atoms with Gasteiger partial charge in [0.25, 0.3) is 0 Å². The summed E-state index contributed by atoms with van der Waals surface area (Å²) in [6.07, 6.45) is 4.52. The van der Waals surface area contributed by atoms with E-state index in [1.54, 1.807) is 0 Å². The number of unbranched alkanes of at least 4 members (excludes halogenated alkanes) is 1. The smallest absolute Gasteiger partial charge is 0.191 e. The van der Waals surface area contributed by atoms with Gasteiger partial charge in [0.15, 0.2) is 5.96 Å². The largest absolute Gasteiger partial charge is 0.507 e. The zero-order valence-electron chi connectivity index (χ0n) is 14.2. The number of benzene rings is 1. The number of aliphatic imine (C=N–C) groups is 1. The Bertz CT molecular complexity index is 466. The van der Waals surface area contributed by atoms with Gasteiger partial charge >= 0.3 is 0 Å². The van der Waals surface area contributed by atoms with Gasteiger partial charge in [-0.15, -0.1) is 0 Å². The summed E-state index contributed by atoms with van der Waals surface area (Å²) in [6, 6.07) is 3.99. The summed E-state index contributed by atoms with van der Waals surface area (Å²) >= 11 is 1.89. The summed E-state index contributed by atoms with van der Waals surface area (Å²) in [4.78, 5) is 4.62. The van der Waals surface area contributed by atoms with Crippen LogP contribution in [0.3, 0.4) is 0 Å². The molecule has 0 bridgehead atoms. The molecule has 0 amide bonds. The normalized spacial score (nSPS) is 11.5. The van der Waals surface area contributed by atoms with Crippen molar-refractivity contribution in [3.8, 4) is 5.75 Å². The van der Waals surface area contributed by atoms with E-state index in [0.29, 0.717) is 12.3 Å². The molecule has 124 valence electrons. The van der Waals surface area contributed by atoms with E-state index in [0.717, 1.165) is 42.2 Å². The molecule has 0 saturated heterocycles. The van der Waals surface area contributed by atoms with E-state index in [-0.39, 0.29) is 0 Å². The van der Waals surface area contributed by atoms with Crippen molar-refractivity contribution in [1.82, 2.24) is 10.6 Å². The lowest BCUT2D eigenvalue weighted by molar-refractivity contribution is 0.466. The van der Waals surface area contributed by atoms with Crippen molar-refractivity contribution in [3.63, 3.8) is 0 Å². The molecule has 1 rings (SSSR count). The molecule has 4 nitrogen and oxygen atoms in total. The Balaban J connectivity index is 2.58. The van der Waals surface area contributed by atoms with Gasteiger partial charge < -0.3 is 15.7 Å². The van der Waals surface area contributed by atoms with Crippen LogP contribution in [-0.2, 0) is 6.54 Å². The maximum Gasteiger partial charge on any atom is 0.191 e. The summed E-state index contributed by atoms with van der Waals surface area (Å²) < 4.78 is 0. The van der Waals surface area contributed by atoms with Crippen molar-refractivity contribution in [2.24, 2.45) is 4.99 Å². The molecular formula is C17H29N3OS. The van der Waals surface area contributed by atoms with Gasteiger partial charge in [0.05, 0.1) is 6.54 Å². The Morgan fingerprint density at radius 2 is 1.86 bits per heavy atom. The highest BCUT2D eigenvalue weighted by atomic mass is 32.2. The topological polar surface area (TPSA) is 56.7 Å². The zero-order chi connectivity index (χ0) is 16.4. The predicted molar refractivity (Wildman–Crippen MR) is 98.0 cm³/mol. The van der Waals surface area contributed by atoms with Crippen molar-refractivity contribution in [2.75, 3.05) is 25.1 Å². The Kier molecular flexibility index (Phi) is 8.82. The van der Waals surface area contributed by atoms with Crippen molar-refractivity contribution in [1.29, 1.82) is 0 Å². The van der Waals surface area contributed by atoms with Crippen LogP contribution < -0.4 is 10.6 Å². The highest BCUT2D eigenvalue weighted by Gasteiger charge is 2.03. The summed E-state index contributed by atoms with van der Waals surface area (Å²) in [7, 11) is 0. The lowest BCUT2D eigenvalue weighted by Gasteiger charge is -2.12. The fraction of sp³-hybridized carbons (Fsp3) is 0.588. The molecule has 0 aromatic heterocycles. The zero-order valence-corrected chi connectivity index (χ0v) is 15.0. The van der Waals surface area contributed by atoms with Crippen LogP contribution in [0.25, 0.3) is 0 Å². The molecular weight excluding hydrogens is 294 g/mol. The first-order valence-electron chi connectivity index (χ1n) is 7.88. The van der Waals surface area contributed by atoms with Gasteiger partial charge in [-0.1, -0.05) is 12.1 Å². The highest BCUT2D eigenvalue weighted by molar-refractivity contribution is 7.98. The van der Waals surface area contributed by atoms with E-state index in [4.69, 9.17) is 0 Å². The predicted octanol–water partition coefficient (Wildman–Crippen LogP) is 3.21. The molecule has 0 atom stereocenters. The van der Waals surface area contributed by atoms with Gasteiger partial charge in [0, 0.05) is 13.1 Å². The Morgan fingerprint density at radius 3 is 2.45 bits per heavy atom. The quantitative estimate of drug-likeness (QED) is 0.391. The third-order valence-corrected chi connectivity index (χ3v) is 4.08. The molecule has 0 unspecified atom stereocenters. The minimum absolute atomic E-state index is 0.381. The van der Waals surface area contributed by atoms with Crippen molar-refractivity contribution in [2.45, 2.75) is 40.2 Å². The number of aromatic hydroxyl groups is 1. The highest BCUT2D eigenvalue weighted by Crippen LogP contribution is 2.23. The van der Waals surface area contributed by atoms with E-state index in [2.05, 4.69) is 28.8 Å². The molecule has 0 radical (unpaired) electrons. The first kappa shape index (κ1) is 18.7. The van der Waals surface area contributed by atoms with Crippen molar-refractivity contribution >= 4 is 17.7 Å². The Labute approximate surface area is 138 Å². The average molecular weight is 324 g/mol. The number of nitrogens with one attached hydrogen (secondary N) is 2. The SMILES string of the molecule is CCNC(=NCc1cc(C)c(O)c(C)c1)NCCCCSC. The Morgan fingerprint density at radius 1 is 1.18 bits per heavy atom. The molecule has 0 fully saturated rings. The number of thioether (sulfide) groups is 1. The second-order valence-electron chi connectivity index (χ2n) is 5.40. The number of hydrogen-bond donors (Lipinski definition) is 3. The van der Waals surface area contributed by atoms with Crippen LogP contribution in [-0.4, -0.2) is 36.2 Å². The first-order valence-corrected chi connectivity index (χ1v) is 9.28. The number of aryl methyl sites for hydroxylation is 2. The lowest BCUT2D eigenvalue weighted by Crippen LogP contribution is -2.37. The van der Waals surface area contributed by atoms with E-state index in [1.807, 2.05) is 37.7 Å². The standard InChI is InChI=1S/C17H29N3OS/c1-5-18-17(19-8-6-7-9-22-4)20-12-15-10-13(2)16(21)14(3)11-15/h10-11,21H,5-9,12H2,1-4H3,(H2,18,19,20). The molecule has 0 aliphatic carbocycles. The summed E-state index contributed by atoms with van der Waals surface area (Å²) in [5.41, 5.74) is 2.92. The molecule has 0 heterocycles. The summed E-state index contributed by atoms with van der Waals surface area (Å²) in [5.74, 6) is 2.45. The van der Waals surface area contributed by atoms with Crippen LogP contribution in [0, 0.1) is 13.8 Å². The fourth-order valence-corrected chi connectivity index (χ4v) is 2.72. The number of phenolic OH excluding ortho intramolecular Hbond substituents is 1. The van der Waals surface area contributed by atoms with Crippen molar-refractivity contribution in [3.05, 3.63) is 28.8 Å². The minimum Gasteiger partial charge on any atom is -0.507 e. The summed E-state index contributed by atoms with van der Waals surface area (Å²) in [5, 5.41) is 16.5.